The molecule has 1 aromatic rings. The van der Waals surface area contributed by atoms with E-state index in [-0.39, 0.29) is 12.5 Å². The zero-order chi connectivity index (χ0) is 14.4. The van der Waals surface area contributed by atoms with Crippen molar-refractivity contribution in [2.24, 2.45) is 0 Å². The van der Waals surface area contributed by atoms with Crippen molar-refractivity contribution >= 4 is 11.8 Å². The van der Waals surface area contributed by atoms with Gasteiger partial charge in [-0.3, -0.25) is 9.59 Å². The third kappa shape index (κ3) is 4.07. The number of nitrogens with one attached hydrogen (secondary N) is 2. The van der Waals surface area contributed by atoms with Crippen LogP contribution in [0.15, 0.2) is 16.7 Å². The zero-order valence-corrected chi connectivity index (χ0v) is 11.3. The lowest BCUT2D eigenvalue weighted by Crippen LogP contribution is -2.39. The van der Waals surface area contributed by atoms with Crippen LogP contribution in [0.3, 0.4) is 0 Å². The highest BCUT2D eigenvalue weighted by Gasteiger charge is 2.16. The Morgan fingerprint density at radius 2 is 2.30 bits per heavy atom. The molecule has 20 heavy (non-hydrogen) atoms. The Labute approximate surface area is 116 Å². The molecular weight excluding hydrogens is 264 g/mol. The van der Waals surface area contributed by atoms with Crippen LogP contribution in [-0.2, 0) is 14.4 Å². The molecule has 0 aliphatic carbocycles. The Morgan fingerprint density at radius 1 is 1.45 bits per heavy atom. The molecule has 7 heteroatoms. The number of hydroxylamine groups is 1. The zero-order valence-electron chi connectivity index (χ0n) is 11.3. The Kier molecular flexibility index (Phi) is 5.14. The minimum absolute atomic E-state index is 0.170. The van der Waals surface area contributed by atoms with Gasteiger partial charge in [0.05, 0.1) is 18.4 Å². The minimum atomic E-state index is -0.436. The number of aryl methyl sites for hydroxylation is 1. The lowest BCUT2D eigenvalue weighted by molar-refractivity contribution is -0.200. The average molecular weight is 282 g/mol. The fourth-order valence-corrected chi connectivity index (χ4v) is 1.85. The van der Waals surface area contributed by atoms with Gasteiger partial charge in [-0.25, -0.2) is 10.3 Å². The van der Waals surface area contributed by atoms with Crippen molar-refractivity contribution in [3.05, 3.63) is 23.7 Å². The Hall–Kier alpha value is -1.86. The highest BCUT2D eigenvalue weighted by Crippen LogP contribution is 2.12. The second-order valence-corrected chi connectivity index (χ2v) is 4.51. The molecule has 0 aromatic carbocycles. The molecule has 2 heterocycles. The maximum Gasteiger partial charge on any atom is 0.263 e. The first kappa shape index (κ1) is 14.5. The summed E-state index contributed by atoms with van der Waals surface area (Å²) >= 11 is 0. The molecule has 110 valence electrons. The SMILES string of the molecule is Cc1occc1C(=O)NCC(=O)NO[C@@H]1CCCCO1. The number of ether oxygens (including phenoxy) is 1. The van der Waals surface area contributed by atoms with Gasteiger partial charge in [-0.1, -0.05) is 0 Å². The standard InChI is InChI=1S/C13H18N2O5/c1-9-10(5-7-18-9)13(17)14-8-11(16)15-20-12-4-2-3-6-19-12/h5,7,12H,2-4,6,8H2,1H3,(H,14,17)(H,15,16)/t12-/m1/s1. The normalized spacial score (nSPS) is 18.6. The van der Waals surface area contributed by atoms with Gasteiger partial charge < -0.3 is 14.5 Å². The van der Waals surface area contributed by atoms with E-state index in [1.807, 2.05) is 0 Å². The molecular formula is C13H18N2O5. The van der Waals surface area contributed by atoms with Crippen LogP contribution in [0.1, 0.15) is 35.4 Å². The van der Waals surface area contributed by atoms with Crippen LogP contribution < -0.4 is 10.8 Å². The van der Waals surface area contributed by atoms with Crippen LogP contribution in [0.25, 0.3) is 0 Å². The first-order valence-electron chi connectivity index (χ1n) is 6.55. The molecule has 1 saturated heterocycles. The van der Waals surface area contributed by atoms with Gasteiger partial charge in [0, 0.05) is 13.0 Å². The topological polar surface area (TPSA) is 89.8 Å². The molecule has 1 aliphatic rings. The largest absolute Gasteiger partial charge is 0.469 e. The van der Waals surface area contributed by atoms with Crippen molar-refractivity contribution < 1.29 is 23.6 Å². The summed E-state index contributed by atoms with van der Waals surface area (Å²) in [7, 11) is 0. The van der Waals surface area contributed by atoms with Gasteiger partial charge in [0.1, 0.15) is 5.76 Å². The minimum Gasteiger partial charge on any atom is -0.469 e. The van der Waals surface area contributed by atoms with Crippen LogP contribution in [0.5, 0.6) is 0 Å². The maximum atomic E-state index is 11.7. The molecule has 2 N–H and O–H groups in total. The monoisotopic (exact) mass is 282 g/mol. The Morgan fingerprint density at radius 3 is 2.95 bits per heavy atom. The van der Waals surface area contributed by atoms with Crippen molar-refractivity contribution in [2.75, 3.05) is 13.2 Å². The van der Waals surface area contributed by atoms with Gasteiger partial charge in [-0.2, -0.15) is 0 Å². The van der Waals surface area contributed by atoms with Crippen LogP contribution in [0.4, 0.5) is 0 Å². The summed E-state index contributed by atoms with van der Waals surface area (Å²) in [6.45, 7) is 2.14. The molecule has 1 aliphatic heterocycles. The second-order valence-electron chi connectivity index (χ2n) is 4.51. The molecule has 0 unspecified atom stereocenters. The Bertz CT molecular complexity index is 465. The molecule has 2 amide bonds. The van der Waals surface area contributed by atoms with Crippen LogP contribution in [0.2, 0.25) is 0 Å². The van der Waals surface area contributed by atoms with Gasteiger partial charge >= 0.3 is 0 Å². The number of hydrogen-bond acceptors (Lipinski definition) is 5. The molecule has 7 nitrogen and oxygen atoms in total. The second kappa shape index (κ2) is 7.06. The van der Waals surface area contributed by atoms with Crippen molar-refractivity contribution in [2.45, 2.75) is 32.5 Å². The summed E-state index contributed by atoms with van der Waals surface area (Å²) in [4.78, 5) is 28.3. The van der Waals surface area contributed by atoms with Gasteiger partial charge in [0.2, 0.25) is 0 Å². The molecule has 1 atom stereocenters. The number of hydrogen-bond donors (Lipinski definition) is 2. The molecule has 2 rings (SSSR count). The van der Waals surface area contributed by atoms with Crippen LogP contribution in [0, 0.1) is 6.92 Å². The van der Waals surface area contributed by atoms with Crippen LogP contribution in [-0.4, -0.2) is 31.3 Å². The van der Waals surface area contributed by atoms with Crippen molar-refractivity contribution in [1.29, 1.82) is 0 Å². The molecule has 0 saturated carbocycles. The molecule has 0 bridgehead atoms. The van der Waals surface area contributed by atoms with Crippen molar-refractivity contribution in [3.63, 3.8) is 0 Å². The number of carbonyl (C=O) groups is 2. The third-order valence-corrected chi connectivity index (χ3v) is 2.96. The van der Waals surface area contributed by atoms with E-state index in [0.29, 0.717) is 17.9 Å². The fourth-order valence-electron chi connectivity index (χ4n) is 1.85. The summed E-state index contributed by atoms with van der Waals surface area (Å²) in [6.07, 6.45) is 3.79. The predicted octanol–water partition coefficient (Wildman–Crippen LogP) is 0.892. The average Bonchev–Trinajstić information content (AvgIpc) is 2.90. The summed E-state index contributed by atoms with van der Waals surface area (Å²) in [6, 6.07) is 1.55. The number of rotatable bonds is 5. The first-order chi connectivity index (χ1) is 9.66. The fraction of sp³-hybridized carbons (Fsp3) is 0.538. The van der Waals surface area contributed by atoms with E-state index < -0.39 is 12.2 Å². The Balaban J connectivity index is 1.67. The van der Waals surface area contributed by atoms with Crippen molar-refractivity contribution in [1.82, 2.24) is 10.8 Å². The van der Waals surface area contributed by atoms with Gasteiger partial charge in [0.15, 0.2) is 6.29 Å². The van der Waals surface area contributed by atoms with Crippen molar-refractivity contribution in [3.8, 4) is 0 Å². The number of furan rings is 1. The predicted molar refractivity (Wildman–Crippen MR) is 68.6 cm³/mol. The highest BCUT2D eigenvalue weighted by atomic mass is 16.8. The lowest BCUT2D eigenvalue weighted by atomic mass is 10.2. The van der Waals surface area contributed by atoms with Gasteiger partial charge in [-0.05, 0) is 25.8 Å². The van der Waals surface area contributed by atoms with E-state index >= 15 is 0 Å². The smallest absolute Gasteiger partial charge is 0.263 e. The number of carbonyl (C=O) groups excluding carboxylic acids is 2. The molecule has 0 radical (unpaired) electrons. The van der Waals surface area contributed by atoms with Crippen LogP contribution >= 0.6 is 0 Å². The van der Waals surface area contributed by atoms with E-state index in [1.165, 1.54) is 6.26 Å². The van der Waals surface area contributed by atoms with E-state index in [9.17, 15) is 9.59 Å². The van der Waals surface area contributed by atoms with Gasteiger partial charge in [-0.15, -0.1) is 0 Å². The lowest BCUT2D eigenvalue weighted by Gasteiger charge is -2.22. The number of amides is 2. The molecule has 1 aromatic heterocycles. The van der Waals surface area contributed by atoms with Gasteiger partial charge in [0.25, 0.3) is 11.8 Å². The highest BCUT2D eigenvalue weighted by molar-refractivity contribution is 5.97. The van der Waals surface area contributed by atoms with E-state index in [4.69, 9.17) is 14.0 Å². The summed E-state index contributed by atoms with van der Waals surface area (Å²) in [5.74, 6) is -0.288. The summed E-state index contributed by atoms with van der Waals surface area (Å²) < 4.78 is 10.3. The first-order valence-corrected chi connectivity index (χ1v) is 6.55. The summed E-state index contributed by atoms with van der Waals surface area (Å²) in [5, 5.41) is 2.48. The van der Waals surface area contributed by atoms with E-state index in [1.54, 1.807) is 13.0 Å². The molecule has 0 spiro atoms. The third-order valence-electron chi connectivity index (χ3n) is 2.96. The summed E-state index contributed by atoms with van der Waals surface area (Å²) in [5.41, 5.74) is 2.68. The van der Waals surface area contributed by atoms with E-state index in [0.717, 1.165) is 19.3 Å². The van der Waals surface area contributed by atoms with E-state index in [2.05, 4.69) is 10.8 Å². The molecule has 1 fully saturated rings. The maximum absolute atomic E-state index is 11.7. The quantitative estimate of drug-likeness (QED) is 0.783.